The summed E-state index contributed by atoms with van der Waals surface area (Å²) in [6.45, 7) is 11.3. The van der Waals surface area contributed by atoms with Gasteiger partial charge in [0.2, 0.25) is 5.91 Å². The van der Waals surface area contributed by atoms with E-state index < -0.39 is 0 Å². The number of carbonyl (C=O) groups excluding carboxylic acids is 2. The molecule has 1 fully saturated rings. The van der Waals surface area contributed by atoms with Crippen molar-refractivity contribution in [1.29, 1.82) is 0 Å². The third kappa shape index (κ3) is 6.87. The number of benzene rings is 1. The van der Waals surface area contributed by atoms with E-state index >= 15 is 0 Å². The molecule has 0 aliphatic carbocycles. The fourth-order valence-corrected chi connectivity index (χ4v) is 4.86. The van der Waals surface area contributed by atoms with Gasteiger partial charge in [-0.1, -0.05) is 17.4 Å². The zero-order valence-corrected chi connectivity index (χ0v) is 22.1. The molecule has 1 saturated heterocycles. The number of anilines is 1. The van der Waals surface area contributed by atoms with Gasteiger partial charge in [0.1, 0.15) is 0 Å². The maximum atomic E-state index is 13.4. The summed E-state index contributed by atoms with van der Waals surface area (Å²) in [4.78, 5) is 30.3. The molecule has 0 aromatic heterocycles. The highest BCUT2D eigenvalue weighted by atomic mass is 16.5. The lowest BCUT2D eigenvalue weighted by Crippen LogP contribution is -2.42. The largest absolute Gasteiger partial charge is 0.381 e. The lowest BCUT2D eigenvalue weighted by atomic mass is 9.96. The first-order valence-corrected chi connectivity index (χ1v) is 12.6. The van der Waals surface area contributed by atoms with Crippen LogP contribution in [0.2, 0.25) is 0 Å². The second-order valence-corrected chi connectivity index (χ2v) is 9.86. The smallest absolute Gasteiger partial charge is 0.251 e. The van der Waals surface area contributed by atoms with Gasteiger partial charge < -0.3 is 20.3 Å². The second kappa shape index (κ2) is 12.2. The van der Waals surface area contributed by atoms with Crippen molar-refractivity contribution >= 4 is 17.5 Å². The monoisotopic (exact) mass is 480 g/mol. The van der Waals surface area contributed by atoms with E-state index in [4.69, 9.17) is 4.74 Å². The van der Waals surface area contributed by atoms with E-state index in [1.807, 2.05) is 45.8 Å². The Morgan fingerprint density at radius 3 is 2.57 bits per heavy atom. The predicted octanol–water partition coefficient (Wildman–Crippen LogP) is 2.87. The van der Waals surface area contributed by atoms with E-state index in [1.54, 1.807) is 0 Å². The average molecular weight is 481 g/mol. The first-order valence-electron chi connectivity index (χ1n) is 12.6. The van der Waals surface area contributed by atoms with Gasteiger partial charge in [-0.2, -0.15) is 0 Å². The number of ether oxygens (including phenoxy) is 1. The van der Waals surface area contributed by atoms with Crippen molar-refractivity contribution in [1.82, 2.24) is 15.5 Å². The summed E-state index contributed by atoms with van der Waals surface area (Å²) in [7, 11) is 3.97. The van der Waals surface area contributed by atoms with Crippen LogP contribution < -0.4 is 15.5 Å². The summed E-state index contributed by atoms with van der Waals surface area (Å²) in [5.74, 6) is 6.16. The SMILES string of the molecule is CCN(c1cc(C#CCN(C)C)cc(C(=O)NCC2=C(C)CC(C)NC2=O)c1C)C1CCOCC1. The van der Waals surface area contributed by atoms with Gasteiger partial charge in [0, 0.05) is 60.8 Å². The standard InChI is InChI=1S/C28H40N4O3/c1-7-32(23-10-13-35-14-11-23)26-17-22(9-8-12-31(5)6)16-24(21(26)4)27(33)29-18-25-19(2)15-20(3)30-28(25)34/h16-17,20,23H,7,10-15,18H2,1-6H3,(H,29,33)(H,30,34). The van der Waals surface area contributed by atoms with E-state index in [0.29, 0.717) is 23.7 Å². The third-order valence-corrected chi connectivity index (χ3v) is 6.74. The Morgan fingerprint density at radius 2 is 1.94 bits per heavy atom. The van der Waals surface area contributed by atoms with E-state index in [9.17, 15) is 9.59 Å². The number of nitrogens with one attached hydrogen (secondary N) is 2. The summed E-state index contributed by atoms with van der Waals surface area (Å²) in [6.07, 6.45) is 2.73. The Kier molecular flexibility index (Phi) is 9.36. The van der Waals surface area contributed by atoms with Crippen molar-refractivity contribution in [3.63, 3.8) is 0 Å². The Labute approximate surface area is 210 Å². The van der Waals surface area contributed by atoms with Gasteiger partial charge in [0.25, 0.3) is 5.91 Å². The molecule has 2 aliphatic rings. The van der Waals surface area contributed by atoms with Crippen LogP contribution in [0.15, 0.2) is 23.3 Å². The highest BCUT2D eigenvalue weighted by Crippen LogP contribution is 2.30. The molecule has 0 saturated carbocycles. The fraction of sp³-hybridized carbons (Fsp3) is 0.571. The molecule has 2 heterocycles. The third-order valence-electron chi connectivity index (χ3n) is 6.74. The van der Waals surface area contributed by atoms with Crippen LogP contribution in [-0.4, -0.2) is 75.7 Å². The van der Waals surface area contributed by atoms with E-state index in [-0.39, 0.29) is 24.4 Å². The molecule has 0 bridgehead atoms. The molecule has 0 radical (unpaired) electrons. The number of hydrogen-bond donors (Lipinski definition) is 2. The van der Waals surface area contributed by atoms with Crippen molar-refractivity contribution < 1.29 is 14.3 Å². The first-order chi connectivity index (χ1) is 16.7. The van der Waals surface area contributed by atoms with Gasteiger partial charge in [0.05, 0.1) is 6.54 Å². The lowest BCUT2D eigenvalue weighted by Gasteiger charge is -2.36. The van der Waals surface area contributed by atoms with Crippen molar-refractivity contribution in [3.8, 4) is 11.8 Å². The Bertz CT molecular complexity index is 1030. The van der Waals surface area contributed by atoms with Crippen LogP contribution in [0, 0.1) is 18.8 Å². The van der Waals surface area contributed by atoms with E-state index in [1.165, 1.54) is 0 Å². The molecule has 0 spiro atoms. The van der Waals surface area contributed by atoms with Crippen LogP contribution in [0.25, 0.3) is 0 Å². The zero-order chi connectivity index (χ0) is 25.5. The molecular formula is C28H40N4O3. The molecule has 1 atom stereocenters. The van der Waals surface area contributed by atoms with Crippen LogP contribution in [0.4, 0.5) is 5.69 Å². The molecule has 2 amide bonds. The molecular weight excluding hydrogens is 440 g/mol. The van der Waals surface area contributed by atoms with Crippen LogP contribution in [0.5, 0.6) is 0 Å². The quantitative estimate of drug-likeness (QED) is 0.587. The minimum atomic E-state index is -0.185. The average Bonchev–Trinajstić information content (AvgIpc) is 2.80. The Hall–Kier alpha value is -2.82. The summed E-state index contributed by atoms with van der Waals surface area (Å²) in [5, 5.41) is 5.95. The number of carbonyl (C=O) groups is 2. The Balaban J connectivity index is 1.93. The van der Waals surface area contributed by atoms with Gasteiger partial charge >= 0.3 is 0 Å². The van der Waals surface area contributed by atoms with E-state index in [2.05, 4.69) is 40.4 Å². The molecule has 1 aromatic carbocycles. The lowest BCUT2D eigenvalue weighted by molar-refractivity contribution is -0.118. The van der Waals surface area contributed by atoms with Gasteiger partial charge in [-0.3, -0.25) is 14.5 Å². The molecule has 1 aromatic rings. The molecule has 190 valence electrons. The topological polar surface area (TPSA) is 73.9 Å². The molecule has 1 unspecified atom stereocenters. The van der Waals surface area contributed by atoms with Crippen LogP contribution in [0.1, 0.15) is 61.5 Å². The molecule has 35 heavy (non-hydrogen) atoms. The summed E-state index contributed by atoms with van der Waals surface area (Å²) in [6, 6.07) is 4.47. The number of hydrogen-bond acceptors (Lipinski definition) is 5. The minimum absolute atomic E-state index is 0.0982. The van der Waals surface area contributed by atoms with Crippen molar-refractivity contribution in [2.24, 2.45) is 0 Å². The maximum absolute atomic E-state index is 13.4. The van der Waals surface area contributed by atoms with E-state index in [0.717, 1.165) is 61.4 Å². The van der Waals surface area contributed by atoms with Gasteiger partial charge in [-0.15, -0.1) is 0 Å². The van der Waals surface area contributed by atoms with Crippen molar-refractivity contribution in [3.05, 3.63) is 40.0 Å². The number of nitrogens with zero attached hydrogens (tertiary/aromatic N) is 2. The zero-order valence-electron chi connectivity index (χ0n) is 22.1. The van der Waals surface area contributed by atoms with Crippen LogP contribution in [-0.2, 0) is 9.53 Å². The van der Waals surface area contributed by atoms with Gasteiger partial charge in [-0.25, -0.2) is 0 Å². The van der Waals surface area contributed by atoms with Crippen LogP contribution in [0.3, 0.4) is 0 Å². The predicted molar refractivity (Wildman–Crippen MR) is 141 cm³/mol. The molecule has 2 aliphatic heterocycles. The van der Waals surface area contributed by atoms with Crippen LogP contribution >= 0.6 is 0 Å². The number of rotatable bonds is 7. The van der Waals surface area contributed by atoms with Gasteiger partial charge in [0.15, 0.2) is 0 Å². The minimum Gasteiger partial charge on any atom is -0.381 e. The molecule has 2 N–H and O–H groups in total. The van der Waals surface area contributed by atoms with Gasteiger partial charge in [-0.05, 0) is 78.7 Å². The maximum Gasteiger partial charge on any atom is 0.251 e. The molecule has 3 rings (SSSR count). The second-order valence-electron chi connectivity index (χ2n) is 9.86. The summed E-state index contributed by atoms with van der Waals surface area (Å²) < 4.78 is 5.58. The molecule has 7 heteroatoms. The summed E-state index contributed by atoms with van der Waals surface area (Å²) >= 11 is 0. The fourth-order valence-electron chi connectivity index (χ4n) is 4.86. The highest BCUT2D eigenvalue weighted by molar-refractivity contribution is 6.00. The highest BCUT2D eigenvalue weighted by Gasteiger charge is 2.26. The molecule has 7 nitrogen and oxygen atoms in total. The number of amides is 2. The summed E-state index contributed by atoms with van der Waals surface area (Å²) in [5.41, 5.74) is 5.07. The normalized spacial score (nSPS) is 18.7. The van der Waals surface area contributed by atoms with Crippen molar-refractivity contribution in [2.45, 2.75) is 59.0 Å². The first kappa shape index (κ1) is 26.8. The Morgan fingerprint density at radius 1 is 1.23 bits per heavy atom. The van der Waals surface area contributed by atoms with Crippen molar-refractivity contribution in [2.75, 3.05) is 51.8 Å².